The first-order valence-corrected chi connectivity index (χ1v) is 12.7. The number of sulfonamides is 1. The van der Waals surface area contributed by atoms with Gasteiger partial charge in [0, 0.05) is 29.7 Å². The van der Waals surface area contributed by atoms with Crippen molar-refractivity contribution in [2.45, 2.75) is 64.5 Å². The fraction of sp³-hybridized carbons (Fsp3) is 0.440. The molecule has 4 nitrogen and oxygen atoms in total. The van der Waals surface area contributed by atoms with Crippen LogP contribution in [0.2, 0.25) is 0 Å². The summed E-state index contributed by atoms with van der Waals surface area (Å²) < 4.78 is 86.2. The highest BCUT2D eigenvalue weighted by Gasteiger charge is 2.37. The van der Waals surface area contributed by atoms with Crippen LogP contribution in [0.5, 0.6) is 0 Å². The van der Waals surface area contributed by atoms with Crippen molar-refractivity contribution in [3.05, 3.63) is 59.5 Å². The van der Waals surface area contributed by atoms with E-state index in [2.05, 4.69) is 4.72 Å². The van der Waals surface area contributed by atoms with Crippen molar-refractivity contribution in [3.8, 4) is 11.1 Å². The molecule has 1 heterocycles. The molecule has 0 aliphatic heterocycles. The molecule has 0 radical (unpaired) electrons. The highest BCUT2D eigenvalue weighted by atomic mass is 32.2. The maximum absolute atomic E-state index is 16.0. The molecule has 1 aliphatic carbocycles. The molecule has 1 atom stereocenters. The molecule has 184 valence electrons. The van der Waals surface area contributed by atoms with Crippen LogP contribution in [-0.2, 0) is 22.7 Å². The number of rotatable bonds is 6. The predicted molar refractivity (Wildman–Crippen MR) is 125 cm³/mol. The van der Waals surface area contributed by atoms with E-state index in [1.165, 1.54) is 24.3 Å². The van der Waals surface area contributed by atoms with E-state index in [0.717, 1.165) is 6.07 Å². The van der Waals surface area contributed by atoms with Crippen LogP contribution in [0, 0.1) is 11.2 Å². The lowest BCUT2D eigenvalue weighted by Gasteiger charge is -2.20. The zero-order chi connectivity index (χ0) is 25.1. The SMILES string of the molecule is C[C@@H](NS(=O)(=O)C1CC1)c1cn(CC(C)(C)C)c2c(F)c(-c3ccccc3C(F)(F)F)ccc12. The quantitative estimate of drug-likeness (QED) is 0.388. The Kier molecular flexibility index (Phi) is 6.09. The molecule has 0 unspecified atom stereocenters. The minimum Gasteiger partial charge on any atom is -0.344 e. The van der Waals surface area contributed by atoms with Crippen molar-refractivity contribution in [1.82, 2.24) is 9.29 Å². The van der Waals surface area contributed by atoms with Crippen LogP contribution >= 0.6 is 0 Å². The zero-order valence-electron chi connectivity index (χ0n) is 19.5. The fourth-order valence-corrected chi connectivity index (χ4v) is 5.89. The summed E-state index contributed by atoms with van der Waals surface area (Å²) in [4.78, 5) is 0. The van der Waals surface area contributed by atoms with E-state index in [1.807, 2.05) is 20.8 Å². The molecule has 1 aliphatic rings. The third kappa shape index (κ3) is 4.86. The molecule has 0 saturated heterocycles. The Bertz CT molecular complexity index is 1330. The maximum atomic E-state index is 16.0. The van der Waals surface area contributed by atoms with Gasteiger partial charge in [-0.2, -0.15) is 13.2 Å². The normalized spacial score (nSPS) is 16.2. The van der Waals surface area contributed by atoms with Crippen molar-refractivity contribution in [2.24, 2.45) is 5.41 Å². The van der Waals surface area contributed by atoms with E-state index < -0.39 is 38.9 Å². The van der Waals surface area contributed by atoms with Gasteiger partial charge in [0.2, 0.25) is 10.0 Å². The summed E-state index contributed by atoms with van der Waals surface area (Å²) in [5.41, 5.74) is -0.803. The minimum absolute atomic E-state index is 0.147. The second-order valence-electron chi connectivity index (χ2n) is 10.2. The summed E-state index contributed by atoms with van der Waals surface area (Å²) in [6.07, 6.45) is -1.69. The number of aromatic nitrogens is 1. The van der Waals surface area contributed by atoms with Crippen LogP contribution in [0.1, 0.15) is 57.7 Å². The average Bonchev–Trinajstić information content (AvgIpc) is 3.50. The highest BCUT2D eigenvalue weighted by Crippen LogP contribution is 2.41. The van der Waals surface area contributed by atoms with Gasteiger partial charge in [-0.3, -0.25) is 0 Å². The summed E-state index contributed by atoms with van der Waals surface area (Å²) in [6.45, 7) is 8.00. The summed E-state index contributed by atoms with van der Waals surface area (Å²) in [7, 11) is -3.49. The standard InChI is InChI=1S/C25H28F4N2O2S/c1-15(30-34(32,33)16-9-10-16)20-13-31(14-24(2,3)4)23-19(20)12-11-18(22(23)26)17-7-5-6-8-21(17)25(27,28)29/h5-8,11-13,15-16,30H,9-10,14H2,1-4H3/t15-/m1/s1. The Morgan fingerprint density at radius 2 is 1.71 bits per heavy atom. The molecular weight excluding hydrogens is 468 g/mol. The first-order chi connectivity index (χ1) is 15.7. The molecule has 1 fully saturated rings. The van der Waals surface area contributed by atoms with Crippen molar-refractivity contribution < 1.29 is 26.0 Å². The smallest absolute Gasteiger partial charge is 0.344 e. The second-order valence-corrected chi connectivity index (χ2v) is 12.2. The van der Waals surface area contributed by atoms with Crippen LogP contribution in [0.3, 0.4) is 0 Å². The molecule has 34 heavy (non-hydrogen) atoms. The highest BCUT2D eigenvalue weighted by molar-refractivity contribution is 7.90. The van der Waals surface area contributed by atoms with Gasteiger partial charge in [0.1, 0.15) is 0 Å². The van der Waals surface area contributed by atoms with Crippen LogP contribution in [0.25, 0.3) is 22.0 Å². The lowest BCUT2D eigenvalue weighted by molar-refractivity contribution is -0.137. The number of nitrogens with zero attached hydrogens (tertiary/aromatic N) is 1. The summed E-state index contributed by atoms with van der Waals surface area (Å²) >= 11 is 0. The first-order valence-electron chi connectivity index (χ1n) is 11.2. The fourth-order valence-electron chi connectivity index (χ4n) is 4.32. The van der Waals surface area contributed by atoms with Gasteiger partial charge in [0.15, 0.2) is 5.82 Å². The van der Waals surface area contributed by atoms with Gasteiger partial charge in [-0.1, -0.05) is 51.1 Å². The molecule has 0 bridgehead atoms. The first kappa shape index (κ1) is 24.7. The summed E-state index contributed by atoms with van der Waals surface area (Å²) in [5, 5.41) is 0.0704. The Morgan fingerprint density at radius 3 is 2.29 bits per heavy atom. The van der Waals surface area contributed by atoms with E-state index in [0.29, 0.717) is 30.3 Å². The largest absolute Gasteiger partial charge is 0.417 e. The van der Waals surface area contributed by atoms with Crippen molar-refractivity contribution in [1.29, 1.82) is 0 Å². The van der Waals surface area contributed by atoms with Crippen LogP contribution in [-0.4, -0.2) is 18.2 Å². The third-order valence-corrected chi connectivity index (χ3v) is 7.98. The van der Waals surface area contributed by atoms with Gasteiger partial charge in [-0.15, -0.1) is 0 Å². The number of benzene rings is 2. The van der Waals surface area contributed by atoms with Crippen LogP contribution in [0.4, 0.5) is 17.6 Å². The molecule has 2 aromatic carbocycles. The van der Waals surface area contributed by atoms with Gasteiger partial charge < -0.3 is 4.57 Å². The third-order valence-electron chi connectivity index (χ3n) is 5.95. The Labute approximate surface area is 197 Å². The number of hydrogen-bond acceptors (Lipinski definition) is 2. The van der Waals surface area contributed by atoms with Crippen LogP contribution < -0.4 is 4.72 Å². The Hall–Kier alpha value is -2.39. The maximum Gasteiger partial charge on any atom is 0.417 e. The summed E-state index contributed by atoms with van der Waals surface area (Å²) in [5.74, 6) is -0.762. The molecule has 1 N–H and O–H groups in total. The van der Waals surface area contributed by atoms with E-state index in [9.17, 15) is 21.6 Å². The monoisotopic (exact) mass is 496 g/mol. The number of fused-ring (bicyclic) bond motifs is 1. The summed E-state index contributed by atoms with van der Waals surface area (Å²) in [6, 6.07) is 7.22. The van der Waals surface area contributed by atoms with E-state index >= 15 is 4.39 Å². The molecule has 3 aromatic rings. The number of nitrogens with one attached hydrogen (secondary N) is 1. The molecule has 0 amide bonds. The molecule has 4 rings (SSSR count). The Morgan fingerprint density at radius 1 is 1.06 bits per heavy atom. The minimum atomic E-state index is -4.63. The van der Waals surface area contributed by atoms with Crippen molar-refractivity contribution in [2.75, 3.05) is 0 Å². The van der Waals surface area contributed by atoms with E-state index in [4.69, 9.17) is 0 Å². The molecule has 1 saturated carbocycles. The number of alkyl halides is 3. The van der Waals surface area contributed by atoms with Gasteiger partial charge >= 0.3 is 6.18 Å². The number of hydrogen-bond donors (Lipinski definition) is 1. The molecule has 9 heteroatoms. The lowest BCUT2D eigenvalue weighted by atomic mass is 9.95. The van der Waals surface area contributed by atoms with Crippen molar-refractivity contribution in [3.63, 3.8) is 0 Å². The number of halogens is 4. The van der Waals surface area contributed by atoms with E-state index in [1.54, 1.807) is 23.8 Å². The van der Waals surface area contributed by atoms with Gasteiger partial charge in [-0.05, 0) is 42.4 Å². The topological polar surface area (TPSA) is 51.1 Å². The van der Waals surface area contributed by atoms with Gasteiger partial charge in [-0.25, -0.2) is 17.5 Å². The Balaban J connectivity index is 1.89. The van der Waals surface area contributed by atoms with Gasteiger partial charge in [0.25, 0.3) is 0 Å². The van der Waals surface area contributed by atoms with Gasteiger partial charge in [0.05, 0.1) is 16.3 Å². The lowest BCUT2D eigenvalue weighted by Crippen LogP contribution is -2.29. The average molecular weight is 497 g/mol. The second kappa shape index (κ2) is 8.37. The zero-order valence-corrected chi connectivity index (χ0v) is 20.3. The molecule has 0 spiro atoms. The van der Waals surface area contributed by atoms with E-state index in [-0.39, 0.29) is 22.1 Å². The molecular formula is C25H28F4N2O2S. The predicted octanol–water partition coefficient (Wildman–Crippen LogP) is 6.66. The van der Waals surface area contributed by atoms with Crippen LogP contribution in [0.15, 0.2) is 42.6 Å². The van der Waals surface area contributed by atoms with Crippen molar-refractivity contribution >= 4 is 20.9 Å². The molecule has 1 aromatic heterocycles.